The molecule has 0 saturated heterocycles. The zero-order chi connectivity index (χ0) is 24.1. The van der Waals surface area contributed by atoms with E-state index >= 15 is 0 Å². The average Bonchev–Trinajstić information content (AvgIpc) is 3.14. The molecule has 0 radical (unpaired) electrons. The van der Waals surface area contributed by atoms with Crippen LogP contribution in [0.4, 0.5) is 0 Å². The number of fused-ring (bicyclic) bond motifs is 7. The Hall–Kier alpha value is -0.870. The first-order valence-corrected chi connectivity index (χ1v) is 13.6. The lowest BCUT2D eigenvalue weighted by Gasteiger charge is -2.72. The second-order valence-electron chi connectivity index (χ2n) is 13.8. The summed E-state index contributed by atoms with van der Waals surface area (Å²) in [7, 11) is 0. The van der Waals surface area contributed by atoms with Crippen molar-refractivity contribution < 1.29 is 20.1 Å². The summed E-state index contributed by atoms with van der Waals surface area (Å²) in [6, 6.07) is 0. The second kappa shape index (κ2) is 7.32. The smallest absolute Gasteiger partial charge is 0.309 e. The van der Waals surface area contributed by atoms with Gasteiger partial charge in [0.25, 0.3) is 0 Å². The van der Waals surface area contributed by atoms with Gasteiger partial charge in [-0.05, 0) is 116 Å². The monoisotopic (exact) mass is 458 g/mol. The van der Waals surface area contributed by atoms with E-state index in [0.29, 0.717) is 5.92 Å². The first kappa shape index (κ1) is 23.9. The number of aliphatic carboxylic acids is 1. The fraction of sp³-hybridized carbons (Fsp3) is 0.897. The maximum Gasteiger partial charge on any atom is 0.309 e. The molecule has 0 unspecified atom stereocenters. The van der Waals surface area contributed by atoms with E-state index in [9.17, 15) is 20.1 Å². The quantitative estimate of drug-likeness (QED) is 0.466. The Bertz CT molecular complexity index is 853. The summed E-state index contributed by atoms with van der Waals surface area (Å²) in [6.07, 6.45) is 7.47. The Morgan fingerprint density at radius 2 is 1.58 bits per heavy atom. The van der Waals surface area contributed by atoms with E-state index in [0.717, 1.165) is 63.4 Å². The molecule has 4 heteroatoms. The summed E-state index contributed by atoms with van der Waals surface area (Å²) in [6.45, 7) is 15.9. The highest BCUT2D eigenvalue weighted by molar-refractivity contribution is 5.76. The third-order valence-corrected chi connectivity index (χ3v) is 13.0. The lowest BCUT2D eigenvalue weighted by Crippen LogP contribution is -2.69. The maximum absolute atomic E-state index is 12.7. The molecular weight excluding hydrogens is 412 g/mol. The topological polar surface area (TPSA) is 77.8 Å². The van der Waals surface area contributed by atoms with Gasteiger partial charge in [-0.15, -0.1) is 0 Å². The van der Waals surface area contributed by atoms with Gasteiger partial charge in [0.05, 0.1) is 17.6 Å². The molecular formula is C29H46O4. The van der Waals surface area contributed by atoms with Gasteiger partial charge in [-0.2, -0.15) is 0 Å². The predicted octanol–water partition coefficient (Wildman–Crippen LogP) is 5.67. The predicted molar refractivity (Wildman–Crippen MR) is 129 cm³/mol. The third kappa shape index (κ3) is 2.80. The molecule has 0 amide bonds. The summed E-state index contributed by atoms with van der Waals surface area (Å²) in [5.74, 6) is 0.860. The number of rotatable bonds is 2. The van der Waals surface area contributed by atoms with Gasteiger partial charge in [0.2, 0.25) is 0 Å². The molecule has 0 aliphatic heterocycles. The van der Waals surface area contributed by atoms with Crippen LogP contribution in [0.5, 0.6) is 0 Å². The van der Waals surface area contributed by atoms with Crippen LogP contribution < -0.4 is 0 Å². The van der Waals surface area contributed by atoms with Crippen LogP contribution >= 0.6 is 0 Å². The van der Waals surface area contributed by atoms with E-state index < -0.39 is 17.5 Å². The highest BCUT2D eigenvalue weighted by Crippen LogP contribution is 2.76. The van der Waals surface area contributed by atoms with E-state index in [1.807, 2.05) is 0 Å². The summed E-state index contributed by atoms with van der Waals surface area (Å²) >= 11 is 0. The minimum Gasteiger partial charge on any atom is -0.481 e. The molecule has 0 bridgehead atoms. The molecule has 33 heavy (non-hydrogen) atoms. The van der Waals surface area contributed by atoms with E-state index in [1.54, 1.807) is 0 Å². The van der Waals surface area contributed by atoms with E-state index in [-0.39, 0.29) is 51.9 Å². The van der Waals surface area contributed by atoms with Gasteiger partial charge in [0.15, 0.2) is 0 Å². The zero-order valence-electron chi connectivity index (χ0n) is 21.4. The van der Waals surface area contributed by atoms with Crippen molar-refractivity contribution in [2.24, 2.45) is 57.2 Å². The Morgan fingerprint density at radius 1 is 0.879 bits per heavy atom. The van der Waals surface area contributed by atoms with Crippen molar-refractivity contribution in [3.63, 3.8) is 0 Å². The molecule has 5 aliphatic rings. The van der Waals surface area contributed by atoms with Crippen molar-refractivity contribution >= 4 is 5.97 Å². The first-order valence-electron chi connectivity index (χ1n) is 13.6. The number of carboxylic acids is 1. The Balaban J connectivity index is 1.60. The van der Waals surface area contributed by atoms with Crippen LogP contribution in [0.15, 0.2) is 12.2 Å². The molecule has 186 valence electrons. The van der Waals surface area contributed by atoms with E-state index in [4.69, 9.17) is 0 Å². The van der Waals surface area contributed by atoms with Gasteiger partial charge >= 0.3 is 5.97 Å². The number of aliphatic hydroxyl groups is 2. The number of aliphatic hydroxyl groups excluding tert-OH is 2. The molecule has 0 aromatic heterocycles. The largest absolute Gasteiger partial charge is 0.481 e. The number of carbonyl (C=O) groups is 1. The Labute approximate surface area is 200 Å². The average molecular weight is 459 g/mol. The van der Waals surface area contributed by atoms with E-state index in [1.165, 1.54) is 0 Å². The second-order valence-corrected chi connectivity index (χ2v) is 13.8. The van der Waals surface area contributed by atoms with Gasteiger partial charge in [-0.1, -0.05) is 39.8 Å². The standard InChI is InChI=1S/C29H46O4/c1-16(2)18-7-12-29(25(32)33)14-13-27(5)20(23(18)29)15-22(31)24-26(4)10-9-21(30)17(3)19(26)8-11-28(24,27)6/h17-24,30-31H,1,7-15H2,2-6H3,(H,32,33)/t17-,18-,19+,20+,21+,22+,23+,24-,26-,27+,28+,29-/m0/s1. The van der Waals surface area contributed by atoms with Crippen LogP contribution in [0.3, 0.4) is 0 Å². The van der Waals surface area contributed by atoms with Gasteiger partial charge < -0.3 is 15.3 Å². The van der Waals surface area contributed by atoms with E-state index in [2.05, 4.69) is 41.2 Å². The summed E-state index contributed by atoms with van der Waals surface area (Å²) in [5.41, 5.74) is 0.506. The summed E-state index contributed by atoms with van der Waals surface area (Å²) in [4.78, 5) is 12.7. The highest BCUT2D eigenvalue weighted by Gasteiger charge is 2.73. The first-order chi connectivity index (χ1) is 15.3. The zero-order valence-corrected chi connectivity index (χ0v) is 21.4. The van der Waals surface area contributed by atoms with Crippen molar-refractivity contribution in [2.45, 2.75) is 105 Å². The lowest BCUT2D eigenvalue weighted by molar-refractivity contribution is -0.267. The van der Waals surface area contributed by atoms with Crippen molar-refractivity contribution in [3.05, 3.63) is 12.2 Å². The molecule has 5 saturated carbocycles. The molecule has 12 atom stereocenters. The summed E-state index contributed by atoms with van der Waals surface area (Å²) in [5, 5.41) is 33.0. The Morgan fingerprint density at radius 3 is 2.21 bits per heavy atom. The SMILES string of the molecule is C=C(C)[C@@H]1CC[C@]2(C(=O)O)CC[C@]3(C)[C@H](C[C@@H](O)[C@H]4[C@@]5(C)CC[C@@H](O)[C@@H](C)[C@H]5CC[C@]43C)[C@@H]12. The van der Waals surface area contributed by atoms with Crippen molar-refractivity contribution in [3.8, 4) is 0 Å². The molecule has 5 fully saturated rings. The Kier molecular flexibility index (Phi) is 5.29. The minimum absolute atomic E-state index is 0.0184. The van der Waals surface area contributed by atoms with Gasteiger partial charge in [0.1, 0.15) is 0 Å². The maximum atomic E-state index is 12.7. The molecule has 5 aliphatic carbocycles. The molecule has 0 spiro atoms. The van der Waals surface area contributed by atoms with Crippen molar-refractivity contribution in [1.29, 1.82) is 0 Å². The minimum atomic E-state index is -0.652. The van der Waals surface area contributed by atoms with Crippen LogP contribution in [0, 0.1) is 57.2 Å². The fourth-order valence-corrected chi connectivity index (χ4v) is 11.2. The van der Waals surface area contributed by atoms with Crippen LogP contribution in [0.2, 0.25) is 0 Å². The van der Waals surface area contributed by atoms with Gasteiger partial charge in [0, 0.05) is 0 Å². The molecule has 4 nitrogen and oxygen atoms in total. The van der Waals surface area contributed by atoms with Crippen molar-refractivity contribution in [1.82, 2.24) is 0 Å². The van der Waals surface area contributed by atoms with Crippen LogP contribution in [0.25, 0.3) is 0 Å². The number of allylic oxidation sites excluding steroid dienone is 1. The number of hydrogen-bond donors (Lipinski definition) is 3. The molecule has 0 aromatic rings. The molecule has 3 N–H and O–H groups in total. The molecule has 0 aromatic carbocycles. The van der Waals surface area contributed by atoms with Crippen LogP contribution in [0.1, 0.15) is 92.4 Å². The molecule has 0 heterocycles. The van der Waals surface area contributed by atoms with Crippen LogP contribution in [-0.4, -0.2) is 33.5 Å². The third-order valence-electron chi connectivity index (χ3n) is 13.0. The highest BCUT2D eigenvalue weighted by atomic mass is 16.4. The van der Waals surface area contributed by atoms with Gasteiger partial charge in [-0.3, -0.25) is 4.79 Å². The molecule has 5 rings (SSSR count). The van der Waals surface area contributed by atoms with Gasteiger partial charge in [-0.25, -0.2) is 0 Å². The number of hydrogen-bond acceptors (Lipinski definition) is 3. The number of carboxylic acid groups (broad SMARTS) is 1. The van der Waals surface area contributed by atoms with Crippen molar-refractivity contribution in [2.75, 3.05) is 0 Å². The summed E-state index contributed by atoms with van der Waals surface area (Å²) < 4.78 is 0. The lowest BCUT2D eigenvalue weighted by atomic mass is 9.32. The normalized spacial score (nSPS) is 57.9. The van der Waals surface area contributed by atoms with Crippen LogP contribution in [-0.2, 0) is 4.79 Å². The fourth-order valence-electron chi connectivity index (χ4n) is 11.2.